The van der Waals surface area contributed by atoms with Gasteiger partial charge in [-0.3, -0.25) is 0 Å². The number of anilines is 1. The third-order valence-electron chi connectivity index (χ3n) is 1.76. The van der Waals surface area contributed by atoms with E-state index in [2.05, 4.69) is 4.74 Å². The van der Waals surface area contributed by atoms with E-state index in [1.807, 2.05) is 0 Å². The van der Waals surface area contributed by atoms with Crippen LogP contribution in [0, 0.1) is 6.92 Å². The third kappa shape index (κ3) is 4.39. The largest absolute Gasteiger partial charge is 0.467 e. The van der Waals surface area contributed by atoms with Crippen molar-refractivity contribution in [3.05, 3.63) is 23.8 Å². The minimum Gasteiger partial charge on any atom is -0.467 e. The number of nitrogen functional groups attached to an aromatic ring is 1. The topological polar surface area (TPSA) is 44.5 Å². The van der Waals surface area contributed by atoms with E-state index >= 15 is 0 Å². The van der Waals surface area contributed by atoms with E-state index in [9.17, 15) is 13.2 Å². The molecular weight excluding hydrogens is 223 g/mol. The molecule has 0 aromatic heterocycles. The number of halogens is 3. The van der Waals surface area contributed by atoms with Crippen molar-refractivity contribution < 1.29 is 22.6 Å². The van der Waals surface area contributed by atoms with Gasteiger partial charge in [0.15, 0.2) is 6.79 Å². The summed E-state index contributed by atoms with van der Waals surface area (Å²) < 4.78 is 44.5. The maximum Gasteiger partial charge on any atom is 0.411 e. The summed E-state index contributed by atoms with van der Waals surface area (Å²) in [6.45, 7) is -0.0132. The van der Waals surface area contributed by atoms with Crippen LogP contribution in [0.5, 0.6) is 5.75 Å². The van der Waals surface area contributed by atoms with Crippen molar-refractivity contribution >= 4 is 5.69 Å². The Morgan fingerprint density at radius 3 is 2.56 bits per heavy atom. The molecule has 1 rings (SSSR count). The van der Waals surface area contributed by atoms with Crippen LogP contribution in [0.3, 0.4) is 0 Å². The Morgan fingerprint density at radius 1 is 1.31 bits per heavy atom. The Kier molecular flexibility index (Phi) is 4.00. The van der Waals surface area contributed by atoms with Crippen molar-refractivity contribution in [2.45, 2.75) is 13.1 Å². The first kappa shape index (κ1) is 12.6. The molecule has 1 aromatic carbocycles. The number of alkyl halides is 3. The summed E-state index contributed by atoms with van der Waals surface area (Å²) >= 11 is 0. The molecule has 90 valence electrons. The van der Waals surface area contributed by atoms with Crippen molar-refractivity contribution in [2.24, 2.45) is 0 Å². The SMILES string of the molecule is Cc1cc(N)ccc1OCOCC(F)(F)F. The van der Waals surface area contributed by atoms with Gasteiger partial charge in [0.1, 0.15) is 12.4 Å². The molecular formula is C10H12F3NO2. The van der Waals surface area contributed by atoms with Gasteiger partial charge in [-0.1, -0.05) is 0 Å². The van der Waals surface area contributed by atoms with Crippen LogP contribution in [0.25, 0.3) is 0 Å². The summed E-state index contributed by atoms with van der Waals surface area (Å²) in [6, 6.07) is 4.85. The van der Waals surface area contributed by atoms with E-state index < -0.39 is 19.6 Å². The molecule has 0 aliphatic carbocycles. The second-order valence-corrected chi connectivity index (χ2v) is 3.25. The summed E-state index contributed by atoms with van der Waals surface area (Å²) in [6.07, 6.45) is -4.33. The molecule has 0 amide bonds. The zero-order valence-corrected chi connectivity index (χ0v) is 8.67. The van der Waals surface area contributed by atoms with Crippen molar-refractivity contribution in [2.75, 3.05) is 19.1 Å². The lowest BCUT2D eigenvalue weighted by molar-refractivity contribution is -0.186. The lowest BCUT2D eigenvalue weighted by atomic mass is 10.2. The maximum absolute atomic E-state index is 11.7. The Labute approximate surface area is 91.0 Å². The molecule has 3 nitrogen and oxygen atoms in total. The van der Waals surface area contributed by atoms with Crippen molar-refractivity contribution in [3.8, 4) is 5.75 Å². The second kappa shape index (κ2) is 5.07. The van der Waals surface area contributed by atoms with Crippen LogP contribution in [0.4, 0.5) is 18.9 Å². The molecule has 2 N–H and O–H groups in total. The molecule has 0 heterocycles. The molecule has 0 saturated carbocycles. The third-order valence-corrected chi connectivity index (χ3v) is 1.76. The first-order valence-corrected chi connectivity index (χ1v) is 4.52. The number of benzene rings is 1. The summed E-state index contributed by atoms with van der Waals surface area (Å²) in [5, 5.41) is 0. The first-order valence-electron chi connectivity index (χ1n) is 4.52. The smallest absolute Gasteiger partial charge is 0.411 e. The van der Waals surface area contributed by atoms with Crippen molar-refractivity contribution in [3.63, 3.8) is 0 Å². The Hall–Kier alpha value is -1.43. The molecule has 0 unspecified atom stereocenters. The summed E-state index contributed by atoms with van der Waals surface area (Å²) in [5.74, 6) is 0.455. The van der Waals surface area contributed by atoms with Crippen LogP contribution < -0.4 is 10.5 Å². The fourth-order valence-electron chi connectivity index (χ4n) is 1.10. The molecule has 0 spiro atoms. The van der Waals surface area contributed by atoms with Gasteiger partial charge in [-0.25, -0.2) is 0 Å². The molecule has 16 heavy (non-hydrogen) atoms. The van der Waals surface area contributed by atoms with E-state index in [-0.39, 0.29) is 0 Å². The van der Waals surface area contributed by atoms with E-state index in [0.29, 0.717) is 11.4 Å². The highest BCUT2D eigenvalue weighted by molar-refractivity contribution is 5.47. The zero-order valence-electron chi connectivity index (χ0n) is 8.67. The van der Waals surface area contributed by atoms with Gasteiger partial charge >= 0.3 is 6.18 Å². The monoisotopic (exact) mass is 235 g/mol. The molecule has 0 bridgehead atoms. The van der Waals surface area contributed by atoms with Gasteiger partial charge in [0.25, 0.3) is 0 Å². The molecule has 0 aliphatic heterocycles. The minimum atomic E-state index is -4.33. The maximum atomic E-state index is 11.7. The number of aryl methyl sites for hydroxylation is 1. The van der Waals surface area contributed by atoms with E-state index in [1.165, 1.54) is 0 Å². The van der Waals surface area contributed by atoms with Gasteiger partial charge in [-0.05, 0) is 30.7 Å². The molecule has 0 fully saturated rings. The normalized spacial score (nSPS) is 11.5. The predicted molar refractivity (Wildman–Crippen MR) is 53.1 cm³/mol. The van der Waals surface area contributed by atoms with Crippen molar-refractivity contribution in [1.82, 2.24) is 0 Å². The lowest BCUT2D eigenvalue weighted by Crippen LogP contribution is -2.19. The van der Waals surface area contributed by atoms with Gasteiger partial charge in [-0.2, -0.15) is 13.2 Å². The van der Waals surface area contributed by atoms with Crippen LogP contribution in [-0.4, -0.2) is 19.6 Å². The number of ether oxygens (including phenoxy) is 2. The molecule has 1 aromatic rings. The highest BCUT2D eigenvalue weighted by atomic mass is 19.4. The Bertz CT molecular complexity index is 352. The summed E-state index contributed by atoms with van der Waals surface area (Å²) in [4.78, 5) is 0. The van der Waals surface area contributed by atoms with Crippen LogP contribution in [0.2, 0.25) is 0 Å². The fourth-order valence-corrected chi connectivity index (χ4v) is 1.10. The van der Waals surface area contributed by atoms with Gasteiger partial charge in [0, 0.05) is 5.69 Å². The van der Waals surface area contributed by atoms with E-state index in [0.717, 1.165) is 5.56 Å². The average Bonchev–Trinajstić information content (AvgIpc) is 2.13. The summed E-state index contributed by atoms with van der Waals surface area (Å²) in [5.41, 5.74) is 6.82. The quantitative estimate of drug-likeness (QED) is 0.495. The standard InChI is InChI=1S/C10H12F3NO2/c1-7-4-8(14)2-3-9(7)16-6-15-5-10(11,12)13/h2-4H,5-6,14H2,1H3. The number of nitrogens with two attached hydrogens (primary N) is 1. The van der Waals surface area contributed by atoms with E-state index in [4.69, 9.17) is 10.5 Å². The van der Waals surface area contributed by atoms with E-state index in [1.54, 1.807) is 25.1 Å². The zero-order chi connectivity index (χ0) is 12.2. The van der Waals surface area contributed by atoms with Crippen LogP contribution in [0.1, 0.15) is 5.56 Å². The first-order chi connectivity index (χ1) is 7.38. The number of hydrogen-bond acceptors (Lipinski definition) is 3. The highest BCUT2D eigenvalue weighted by Crippen LogP contribution is 2.20. The summed E-state index contributed by atoms with van der Waals surface area (Å²) in [7, 11) is 0. The molecule has 0 aliphatic rings. The van der Waals surface area contributed by atoms with Gasteiger partial charge in [0.2, 0.25) is 0 Å². The number of hydrogen-bond donors (Lipinski definition) is 1. The minimum absolute atomic E-state index is 0.440. The molecule has 0 atom stereocenters. The lowest BCUT2D eigenvalue weighted by Gasteiger charge is -2.11. The fraction of sp³-hybridized carbons (Fsp3) is 0.400. The van der Waals surface area contributed by atoms with Crippen LogP contribution >= 0.6 is 0 Å². The van der Waals surface area contributed by atoms with Gasteiger partial charge < -0.3 is 15.2 Å². The Balaban J connectivity index is 2.38. The highest BCUT2D eigenvalue weighted by Gasteiger charge is 2.27. The number of rotatable bonds is 4. The molecule has 0 saturated heterocycles. The average molecular weight is 235 g/mol. The predicted octanol–water partition coefficient (Wildman–Crippen LogP) is 2.49. The van der Waals surface area contributed by atoms with Gasteiger partial charge in [-0.15, -0.1) is 0 Å². The van der Waals surface area contributed by atoms with Crippen LogP contribution in [-0.2, 0) is 4.74 Å². The van der Waals surface area contributed by atoms with Gasteiger partial charge in [0.05, 0.1) is 0 Å². The molecule has 0 radical (unpaired) electrons. The Morgan fingerprint density at radius 2 is 2.00 bits per heavy atom. The van der Waals surface area contributed by atoms with Crippen molar-refractivity contribution in [1.29, 1.82) is 0 Å². The molecule has 6 heteroatoms. The van der Waals surface area contributed by atoms with Crippen LogP contribution in [0.15, 0.2) is 18.2 Å². The second-order valence-electron chi connectivity index (χ2n) is 3.25.